The van der Waals surface area contributed by atoms with Gasteiger partial charge in [0.05, 0.1) is 11.1 Å². The second kappa shape index (κ2) is 5.10. The zero-order valence-corrected chi connectivity index (χ0v) is 10.7. The van der Waals surface area contributed by atoms with Gasteiger partial charge in [0.2, 0.25) is 0 Å². The summed E-state index contributed by atoms with van der Waals surface area (Å²) in [4.78, 5) is 18.3. The number of aromatic nitrogens is 4. The number of aromatic carboxylic acids is 1. The minimum atomic E-state index is -2.85. The number of carboxylic acid groups (broad SMARTS) is 1. The molecule has 0 radical (unpaired) electrons. The molecule has 0 aliphatic rings. The van der Waals surface area contributed by atoms with Crippen LogP contribution >= 0.6 is 0 Å². The maximum atomic E-state index is 13.4. The van der Waals surface area contributed by atoms with Crippen LogP contribution in [0.4, 0.5) is 13.2 Å². The molecule has 3 aromatic rings. The number of halogens is 3. The quantitative estimate of drug-likeness (QED) is 0.804. The van der Waals surface area contributed by atoms with Crippen molar-refractivity contribution >= 4 is 16.9 Å². The fourth-order valence-electron chi connectivity index (χ4n) is 1.97. The van der Waals surface area contributed by atoms with Gasteiger partial charge in [-0.05, 0) is 12.1 Å². The highest BCUT2D eigenvalue weighted by Gasteiger charge is 2.20. The van der Waals surface area contributed by atoms with E-state index in [1.165, 1.54) is 6.07 Å². The van der Waals surface area contributed by atoms with Gasteiger partial charge in [-0.1, -0.05) is 0 Å². The number of carbonyl (C=O) groups is 1. The van der Waals surface area contributed by atoms with Gasteiger partial charge in [0.1, 0.15) is 11.5 Å². The number of benzene rings is 1. The summed E-state index contributed by atoms with van der Waals surface area (Å²) in [6, 6.07) is 3.28. The Labute approximate surface area is 120 Å². The largest absolute Gasteiger partial charge is 0.478 e. The van der Waals surface area contributed by atoms with E-state index in [1.54, 1.807) is 0 Å². The summed E-state index contributed by atoms with van der Waals surface area (Å²) in [7, 11) is 0. The van der Waals surface area contributed by atoms with Crippen LogP contribution in [0.5, 0.6) is 0 Å². The van der Waals surface area contributed by atoms with Crippen molar-refractivity contribution in [2.45, 2.75) is 6.43 Å². The maximum absolute atomic E-state index is 13.4. The molecule has 1 aromatic carbocycles. The van der Waals surface area contributed by atoms with Crippen molar-refractivity contribution in [3.8, 4) is 5.95 Å². The minimum Gasteiger partial charge on any atom is -0.478 e. The average Bonchev–Trinajstić information content (AvgIpc) is 2.86. The molecule has 0 atom stereocenters. The molecule has 9 heteroatoms. The fraction of sp³-hybridized carbons (Fsp3) is 0.0769. The van der Waals surface area contributed by atoms with Crippen molar-refractivity contribution < 1.29 is 23.1 Å². The van der Waals surface area contributed by atoms with Gasteiger partial charge >= 0.3 is 5.97 Å². The smallest absolute Gasteiger partial charge is 0.338 e. The van der Waals surface area contributed by atoms with Crippen molar-refractivity contribution in [1.29, 1.82) is 0 Å². The first-order valence-electron chi connectivity index (χ1n) is 5.99. The first kappa shape index (κ1) is 14.0. The molecule has 0 fully saturated rings. The molecule has 0 saturated carbocycles. The number of alkyl halides is 2. The number of hydrogen-bond acceptors (Lipinski definition) is 4. The van der Waals surface area contributed by atoms with Gasteiger partial charge in [0.15, 0.2) is 0 Å². The van der Waals surface area contributed by atoms with E-state index in [2.05, 4.69) is 15.1 Å². The Hall–Kier alpha value is -2.97. The average molecular weight is 308 g/mol. The van der Waals surface area contributed by atoms with Crippen LogP contribution in [0.1, 0.15) is 22.5 Å². The SMILES string of the molecule is O=C(O)c1cnc(-n2nc(C(F)F)c3ccc(F)cc32)nc1. The number of fused-ring (bicyclic) bond motifs is 1. The third-order valence-corrected chi connectivity index (χ3v) is 2.95. The van der Waals surface area contributed by atoms with Crippen LogP contribution in [0, 0.1) is 5.82 Å². The van der Waals surface area contributed by atoms with Crippen LogP contribution in [0.15, 0.2) is 30.6 Å². The molecule has 0 saturated heterocycles. The molecule has 0 aliphatic heterocycles. The molecule has 2 heterocycles. The van der Waals surface area contributed by atoms with Crippen LogP contribution < -0.4 is 0 Å². The van der Waals surface area contributed by atoms with Crippen LogP contribution in [-0.2, 0) is 0 Å². The maximum Gasteiger partial charge on any atom is 0.338 e. The van der Waals surface area contributed by atoms with E-state index in [4.69, 9.17) is 5.11 Å². The summed E-state index contributed by atoms with van der Waals surface area (Å²) in [5.41, 5.74) is -0.625. The molecule has 3 rings (SSSR count). The van der Waals surface area contributed by atoms with Gasteiger partial charge in [0, 0.05) is 23.8 Å². The molecule has 0 bridgehead atoms. The molecule has 22 heavy (non-hydrogen) atoms. The molecule has 6 nitrogen and oxygen atoms in total. The van der Waals surface area contributed by atoms with Crippen LogP contribution in [-0.4, -0.2) is 30.8 Å². The lowest BCUT2D eigenvalue weighted by atomic mass is 10.2. The summed E-state index contributed by atoms with van der Waals surface area (Å²) in [6.45, 7) is 0. The van der Waals surface area contributed by atoms with Gasteiger partial charge in [-0.2, -0.15) is 9.78 Å². The lowest BCUT2D eigenvalue weighted by molar-refractivity contribution is 0.0696. The van der Waals surface area contributed by atoms with E-state index in [0.29, 0.717) is 0 Å². The molecular weight excluding hydrogens is 301 g/mol. The van der Waals surface area contributed by atoms with Gasteiger partial charge in [0.25, 0.3) is 12.4 Å². The van der Waals surface area contributed by atoms with Crippen molar-refractivity contribution in [2.24, 2.45) is 0 Å². The van der Waals surface area contributed by atoms with E-state index in [-0.39, 0.29) is 22.4 Å². The standard InChI is InChI=1S/C13H7F3N4O2/c14-7-1-2-8-9(3-7)20(19-10(8)11(15)16)13-17-4-6(5-18-13)12(21)22/h1-5,11H,(H,21,22). The lowest BCUT2D eigenvalue weighted by Gasteiger charge is -2.01. The highest BCUT2D eigenvalue weighted by atomic mass is 19.3. The van der Waals surface area contributed by atoms with E-state index >= 15 is 0 Å². The second-order valence-electron chi connectivity index (χ2n) is 4.34. The topological polar surface area (TPSA) is 80.9 Å². The van der Waals surface area contributed by atoms with Gasteiger partial charge < -0.3 is 5.11 Å². The number of nitrogens with zero attached hydrogens (tertiary/aromatic N) is 4. The Balaban J connectivity index is 2.21. The molecular formula is C13H7F3N4O2. The Morgan fingerprint density at radius 1 is 1.23 bits per heavy atom. The summed E-state index contributed by atoms with van der Waals surface area (Å²) >= 11 is 0. The molecule has 112 valence electrons. The number of hydrogen-bond donors (Lipinski definition) is 1. The van der Waals surface area contributed by atoms with E-state index < -0.39 is 23.9 Å². The van der Waals surface area contributed by atoms with Gasteiger partial charge in [-0.15, -0.1) is 0 Å². The zero-order chi connectivity index (χ0) is 15.9. The molecule has 2 aromatic heterocycles. The van der Waals surface area contributed by atoms with E-state index in [1.807, 2.05) is 0 Å². The minimum absolute atomic E-state index is 0.0679. The first-order chi connectivity index (χ1) is 10.5. The van der Waals surface area contributed by atoms with Crippen molar-refractivity contribution in [3.05, 3.63) is 47.7 Å². The molecule has 1 N–H and O–H groups in total. The fourth-order valence-corrected chi connectivity index (χ4v) is 1.97. The Bertz CT molecular complexity index is 862. The molecule has 0 unspecified atom stereocenters. The number of rotatable bonds is 3. The summed E-state index contributed by atoms with van der Waals surface area (Å²) in [5.74, 6) is -1.99. The first-order valence-corrected chi connectivity index (χ1v) is 5.99. The summed E-state index contributed by atoms with van der Waals surface area (Å²) < 4.78 is 40.3. The predicted octanol–water partition coefficient (Wildman–Crippen LogP) is 2.59. The highest BCUT2D eigenvalue weighted by molar-refractivity contribution is 5.87. The Morgan fingerprint density at radius 3 is 2.50 bits per heavy atom. The van der Waals surface area contributed by atoms with Crippen LogP contribution in [0.2, 0.25) is 0 Å². The number of carboxylic acids is 1. The van der Waals surface area contributed by atoms with Gasteiger partial charge in [-0.3, -0.25) is 0 Å². The summed E-state index contributed by atoms with van der Waals surface area (Å²) in [6.07, 6.45) is -0.827. The normalized spacial score (nSPS) is 11.3. The van der Waals surface area contributed by atoms with Gasteiger partial charge in [-0.25, -0.2) is 27.9 Å². The second-order valence-corrected chi connectivity index (χ2v) is 4.34. The van der Waals surface area contributed by atoms with Crippen LogP contribution in [0.25, 0.3) is 16.9 Å². The monoisotopic (exact) mass is 308 g/mol. The van der Waals surface area contributed by atoms with Crippen molar-refractivity contribution in [2.75, 3.05) is 0 Å². The van der Waals surface area contributed by atoms with Crippen molar-refractivity contribution in [3.63, 3.8) is 0 Å². The summed E-state index contributed by atoms with van der Waals surface area (Å²) in [5, 5.41) is 12.6. The predicted molar refractivity (Wildman–Crippen MR) is 68.5 cm³/mol. The third-order valence-electron chi connectivity index (χ3n) is 2.95. The third kappa shape index (κ3) is 2.26. The zero-order valence-electron chi connectivity index (χ0n) is 10.7. The molecule has 0 amide bonds. The molecule has 0 aliphatic carbocycles. The Kier molecular flexibility index (Phi) is 3.24. The lowest BCUT2D eigenvalue weighted by Crippen LogP contribution is -2.06. The van der Waals surface area contributed by atoms with Crippen LogP contribution in [0.3, 0.4) is 0 Å². The van der Waals surface area contributed by atoms with E-state index in [9.17, 15) is 18.0 Å². The molecule has 0 spiro atoms. The Morgan fingerprint density at radius 2 is 1.91 bits per heavy atom. The van der Waals surface area contributed by atoms with Crippen molar-refractivity contribution in [1.82, 2.24) is 19.7 Å². The van der Waals surface area contributed by atoms with E-state index in [0.717, 1.165) is 29.2 Å². The highest BCUT2D eigenvalue weighted by Crippen LogP contribution is 2.28.